The van der Waals surface area contributed by atoms with Gasteiger partial charge < -0.3 is 20.2 Å². The number of fused-ring (bicyclic) bond motifs is 2. The summed E-state index contributed by atoms with van der Waals surface area (Å²) in [7, 11) is 0. The highest BCUT2D eigenvalue weighted by Crippen LogP contribution is 2.51. The summed E-state index contributed by atoms with van der Waals surface area (Å²) in [6.45, 7) is 6.82. The number of carboxylic acids is 1. The van der Waals surface area contributed by atoms with Gasteiger partial charge in [0.2, 0.25) is 11.8 Å². The summed E-state index contributed by atoms with van der Waals surface area (Å²) >= 11 is 0. The van der Waals surface area contributed by atoms with Crippen LogP contribution in [-0.4, -0.2) is 77.1 Å². The molecule has 1 spiro atoms. The highest BCUT2D eigenvalue weighted by Gasteiger charge is 2.59. The Morgan fingerprint density at radius 1 is 1.03 bits per heavy atom. The Labute approximate surface area is 227 Å². The topological polar surface area (TPSA) is 90.0 Å². The van der Waals surface area contributed by atoms with E-state index in [1.165, 1.54) is 43.4 Å². The minimum atomic E-state index is -5.08. The summed E-state index contributed by atoms with van der Waals surface area (Å²) in [5.74, 6) is -0.772. The minimum absolute atomic E-state index is 0.0937. The van der Waals surface area contributed by atoms with Crippen molar-refractivity contribution in [1.82, 2.24) is 15.1 Å². The van der Waals surface area contributed by atoms with E-state index in [9.17, 15) is 22.8 Å². The molecule has 2 atom stereocenters. The molecule has 1 aromatic rings. The second kappa shape index (κ2) is 10.4. The maximum Gasteiger partial charge on any atom is 0.490 e. The van der Waals surface area contributed by atoms with E-state index in [-0.39, 0.29) is 22.8 Å². The molecule has 0 radical (unpaired) electrons. The summed E-state index contributed by atoms with van der Waals surface area (Å²) in [5.41, 5.74) is 2.04. The van der Waals surface area contributed by atoms with Gasteiger partial charge in [0.05, 0.1) is 11.3 Å². The summed E-state index contributed by atoms with van der Waals surface area (Å²) < 4.78 is 31.7. The van der Waals surface area contributed by atoms with Gasteiger partial charge >= 0.3 is 12.1 Å². The molecular formula is C29H38F3N3O4. The van der Waals surface area contributed by atoms with Crippen molar-refractivity contribution < 1.29 is 32.7 Å². The van der Waals surface area contributed by atoms with E-state index in [1.807, 2.05) is 0 Å². The molecule has 0 aromatic heterocycles. The molecule has 2 saturated carbocycles. The number of nitrogens with zero attached hydrogens (tertiary/aromatic N) is 2. The van der Waals surface area contributed by atoms with Crippen LogP contribution in [-0.2, 0) is 19.8 Å². The number of aryl methyl sites for hydroxylation is 1. The summed E-state index contributed by atoms with van der Waals surface area (Å²) in [5, 5.41) is 10.6. The van der Waals surface area contributed by atoms with Gasteiger partial charge in [0.1, 0.15) is 0 Å². The van der Waals surface area contributed by atoms with Gasteiger partial charge in [-0.3, -0.25) is 9.59 Å². The van der Waals surface area contributed by atoms with Crippen molar-refractivity contribution in [2.45, 2.75) is 75.4 Å². The summed E-state index contributed by atoms with van der Waals surface area (Å²) in [6.07, 6.45) is 4.15. The quantitative estimate of drug-likeness (QED) is 0.595. The number of hydrogen-bond acceptors (Lipinski definition) is 4. The van der Waals surface area contributed by atoms with Crippen molar-refractivity contribution in [2.24, 2.45) is 17.8 Å². The second-order valence-electron chi connectivity index (χ2n) is 12.3. The Morgan fingerprint density at radius 3 is 2.15 bits per heavy atom. The van der Waals surface area contributed by atoms with Crippen LogP contribution in [0.1, 0.15) is 62.5 Å². The first-order chi connectivity index (χ1) is 18.4. The molecule has 2 N–H and O–H groups in total. The minimum Gasteiger partial charge on any atom is -0.475 e. The lowest BCUT2D eigenvalue weighted by Crippen LogP contribution is -2.57. The number of hydrogen-bond donors (Lipinski definition) is 2. The smallest absolute Gasteiger partial charge is 0.475 e. The average Bonchev–Trinajstić information content (AvgIpc) is 3.21. The highest BCUT2D eigenvalue weighted by atomic mass is 19.4. The van der Waals surface area contributed by atoms with Gasteiger partial charge in [-0.15, -0.1) is 0 Å². The molecule has 2 amide bonds. The molecule has 214 valence electrons. The van der Waals surface area contributed by atoms with Crippen LogP contribution in [0.4, 0.5) is 13.2 Å². The van der Waals surface area contributed by atoms with E-state index in [2.05, 4.69) is 46.3 Å². The van der Waals surface area contributed by atoms with Crippen LogP contribution >= 0.6 is 0 Å². The molecular weight excluding hydrogens is 511 g/mol. The van der Waals surface area contributed by atoms with Gasteiger partial charge in [0.15, 0.2) is 0 Å². The van der Waals surface area contributed by atoms with Gasteiger partial charge in [0.25, 0.3) is 0 Å². The van der Waals surface area contributed by atoms with Crippen LogP contribution in [0.2, 0.25) is 0 Å². The SMILES string of the molecule is Cc1ccc(C2(C(=O)N3CCC4(CC3)NC(=O)[C@@H]3CN(CC5CCCC5)C[C@@H]34)CC2)cc1.O=C(O)C(F)(F)F. The zero-order valence-corrected chi connectivity index (χ0v) is 22.4. The van der Waals surface area contributed by atoms with Crippen molar-refractivity contribution in [1.29, 1.82) is 0 Å². The molecule has 7 nitrogen and oxygen atoms in total. The number of alkyl halides is 3. The zero-order valence-electron chi connectivity index (χ0n) is 22.4. The van der Waals surface area contributed by atoms with E-state index < -0.39 is 12.1 Å². The number of amides is 2. The van der Waals surface area contributed by atoms with Crippen molar-refractivity contribution in [3.05, 3.63) is 35.4 Å². The van der Waals surface area contributed by atoms with E-state index >= 15 is 0 Å². The lowest BCUT2D eigenvalue weighted by atomic mass is 9.75. The number of aliphatic carboxylic acids is 1. The van der Waals surface area contributed by atoms with E-state index in [0.29, 0.717) is 11.8 Å². The molecule has 1 aromatic carbocycles. The van der Waals surface area contributed by atoms with Gasteiger partial charge in [-0.05, 0) is 56.9 Å². The number of likely N-dealkylation sites (tertiary alicyclic amines) is 2. The molecule has 3 saturated heterocycles. The number of carbonyl (C=O) groups excluding carboxylic acids is 2. The Bertz CT molecular complexity index is 1090. The number of nitrogens with one attached hydrogen (secondary N) is 1. The molecule has 0 unspecified atom stereocenters. The number of rotatable bonds is 4. The Kier molecular flexibility index (Phi) is 7.45. The fourth-order valence-electron chi connectivity index (χ4n) is 7.38. The number of benzene rings is 1. The van der Waals surface area contributed by atoms with Gasteiger partial charge in [-0.25, -0.2) is 4.79 Å². The summed E-state index contributed by atoms with van der Waals surface area (Å²) in [6, 6.07) is 8.54. The molecule has 5 fully saturated rings. The largest absolute Gasteiger partial charge is 0.490 e. The monoisotopic (exact) mass is 549 g/mol. The van der Waals surface area contributed by atoms with Crippen LogP contribution in [0.15, 0.2) is 24.3 Å². The highest BCUT2D eigenvalue weighted by molar-refractivity contribution is 5.91. The van der Waals surface area contributed by atoms with Gasteiger partial charge in [-0.1, -0.05) is 42.7 Å². The van der Waals surface area contributed by atoms with Crippen molar-refractivity contribution >= 4 is 17.8 Å². The van der Waals surface area contributed by atoms with Crippen LogP contribution in [0.3, 0.4) is 0 Å². The van der Waals surface area contributed by atoms with Crippen molar-refractivity contribution in [3.8, 4) is 0 Å². The first kappa shape index (κ1) is 27.9. The molecule has 2 aliphatic carbocycles. The van der Waals surface area contributed by atoms with Crippen LogP contribution in [0, 0.1) is 24.7 Å². The van der Waals surface area contributed by atoms with Gasteiger partial charge in [-0.2, -0.15) is 13.2 Å². The first-order valence-corrected chi connectivity index (χ1v) is 14.1. The lowest BCUT2D eigenvalue weighted by molar-refractivity contribution is -0.192. The standard InChI is InChI=1S/C27H37N3O2.C2HF3O2/c1-19-6-8-21(9-7-19)26(10-11-26)25(32)30-14-12-27(13-15-30)23-18-29(16-20-4-2-3-5-20)17-22(23)24(31)28-27;3-2(4,5)1(6)7/h6-9,20,22-23H,2-5,10-18H2,1H3,(H,28,31);(H,6,7)/t22-,23+;/m1./s1. The Balaban J connectivity index is 0.000000392. The number of halogens is 3. The number of piperidine rings is 1. The first-order valence-electron chi connectivity index (χ1n) is 14.1. The predicted octanol–water partition coefficient (Wildman–Crippen LogP) is 3.89. The molecule has 6 rings (SSSR count). The van der Waals surface area contributed by atoms with Crippen LogP contribution < -0.4 is 5.32 Å². The summed E-state index contributed by atoms with van der Waals surface area (Å²) in [4.78, 5) is 40.0. The van der Waals surface area contributed by atoms with Crippen molar-refractivity contribution in [3.63, 3.8) is 0 Å². The maximum absolute atomic E-state index is 13.5. The predicted molar refractivity (Wildman–Crippen MR) is 138 cm³/mol. The Morgan fingerprint density at radius 2 is 1.62 bits per heavy atom. The average molecular weight is 550 g/mol. The molecule has 5 aliphatic rings. The maximum atomic E-state index is 13.5. The third kappa shape index (κ3) is 5.54. The molecule has 3 aliphatic heterocycles. The van der Waals surface area contributed by atoms with E-state index in [4.69, 9.17) is 9.90 Å². The fraction of sp³-hybridized carbons (Fsp3) is 0.690. The second-order valence-corrected chi connectivity index (χ2v) is 12.3. The lowest BCUT2D eigenvalue weighted by Gasteiger charge is -2.43. The fourth-order valence-corrected chi connectivity index (χ4v) is 7.38. The van der Waals surface area contributed by atoms with E-state index in [1.54, 1.807) is 0 Å². The zero-order chi connectivity index (χ0) is 28.0. The third-order valence-electron chi connectivity index (χ3n) is 9.75. The molecule has 3 heterocycles. The van der Waals surface area contributed by atoms with Crippen LogP contribution in [0.25, 0.3) is 0 Å². The molecule has 10 heteroatoms. The molecule has 0 bridgehead atoms. The Hall–Kier alpha value is -2.62. The number of carbonyl (C=O) groups is 3. The third-order valence-corrected chi connectivity index (χ3v) is 9.75. The van der Waals surface area contributed by atoms with E-state index in [0.717, 1.165) is 57.8 Å². The normalized spacial score (nSPS) is 27.6. The number of carboxylic acid groups (broad SMARTS) is 1. The van der Waals surface area contributed by atoms with Crippen molar-refractivity contribution in [2.75, 3.05) is 32.7 Å². The van der Waals surface area contributed by atoms with Gasteiger partial charge in [0, 0.05) is 44.2 Å². The van der Waals surface area contributed by atoms with Crippen LogP contribution in [0.5, 0.6) is 0 Å². The molecule has 39 heavy (non-hydrogen) atoms.